The summed E-state index contributed by atoms with van der Waals surface area (Å²) in [7, 11) is 0. The lowest BCUT2D eigenvalue weighted by Crippen LogP contribution is -2.51. The highest BCUT2D eigenvalue weighted by Crippen LogP contribution is 2.18. The quantitative estimate of drug-likeness (QED) is 0.314. The van der Waals surface area contributed by atoms with Crippen LogP contribution in [0.2, 0.25) is 5.02 Å². The number of amidine groups is 1. The Balaban J connectivity index is 1.56. The van der Waals surface area contributed by atoms with Gasteiger partial charge in [-0.15, -0.1) is 12.6 Å². The van der Waals surface area contributed by atoms with Gasteiger partial charge in [0.2, 0.25) is 0 Å². The highest BCUT2D eigenvalue weighted by Gasteiger charge is 2.22. The summed E-state index contributed by atoms with van der Waals surface area (Å²) in [6, 6.07) is 15.2. The second-order valence-electron chi connectivity index (χ2n) is 5.78. The first-order chi connectivity index (χ1) is 12.0. The maximum absolute atomic E-state index is 8.44. The molecule has 2 N–H and O–H groups in total. The van der Waals surface area contributed by atoms with Gasteiger partial charge in [-0.05, 0) is 42.5 Å². The van der Waals surface area contributed by atoms with Crippen LogP contribution in [0.4, 0.5) is 5.69 Å². The van der Waals surface area contributed by atoms with Gasteiger partial charge in [-0.2, -0.15) is 0 Å². The molecule has 0 unspecified atom stereocenters. The van der Waals surface area contributed by atoms with Gasteiger partial charge >= 0.3 is 0 Å². The second-order valence-corrected chi connectivity index (χ2v) is 7.08. The fraction of sp³-hybridized carbons (Fsp3) is 0.222. The molecule has 0 aromatic heterocycles. The predicted octanol–water partition coefficient (Wildman–Crippen LogP) is 3.97. The van der Waals surface area contributed by atoms with E-state index in [1.165, 1.54) is 0 Å². The smallest absolute Gasteiger partial charge is 0.173 e. The van der Waals surface area contributed by atoms with E-state index in [4.69, 9.17) is 29.2 Å². The summed E-state index contributed by atoms with van der Waals surface area (Å²) in [5.41, 5.74) is 1.79. The minimum absolute atomic E-state index is 0.516. The van der Waals surface area contributed by atoms with Gasteiger partial charge in [0, 0.05) is 47.3 Å². The zero-order valence-corrected chi connectivity index (χ0v) is 16.0. The molecule has 7 heteroatoms. The number of nitrogens with zero attached hydrogens (tertiary/aromatic N) is 2. The third kappa shape index (κ3) is 4.45. The molecule has 1 saturated heterocycles. The second kappa shape index (κ2) is 8.08. The van der Waals surface area contributed by atoms with E-state index >= 15 is 0 Å². The van der Waals surface area contributed by atoms with Crippen LogP contribution < -0.4 is 5.32 Å². The highest BCUT2D eigenvalue weighted by molar-refractivity contribution is 7.80. The van der Waals surface area contributed by atoms with E-state index in [0.29, 0.717) is 16.0 Å². The molecule has 25 heavy (non-hydrogen) atoms. The molecule has 130 valence electrons. The zero-order chi connectivity index (χ0) is 17.8. The normalized spacial score (nSPS) is 14.3. The van der Waals surface area contributed by atoms with E-state index in [1.807, 2.05) is 48.5 Å². The van der Waals surface area contributed by atoms with Crippen LogP contribution in [-0.2, 0) is 0 Å². The van der Waals surface area contributed by atoms with Gasteiger partial charge in [-0.3, -0.25) is 5.41 Å². The average molecular weight is 391 g/mol. The summed E-state index contributed by atoms with van der Waals surface area (Å²) in [6.45, 7) is 3.06. The lowest BCUT2D eigenvalue weighted by atomic mass is 10.1. The third-order valence-electron chi connectivity index (χ3n) is 4.14. The van der Waals surface area contributed by atoms with Crippen LogP contribution in [0.25, 0.3) is 0 Å². The number of halogens is 1. The molecular formula is C18H19ClN4S2. The average Bonchev–Trinajstić information content (AvgIpc) is 2.63. The fourth-order valence-corrected chi connectivity index (χ4v) is 3.41. The molecule has 0 aliphatic carbocycles. The van der Waals surface area contributed by atoms with Crippen molar-refractivity contribution < 1.29 is 0 Å². The third-order valence-corrected chi connectivity index (χ3v) is 5.14. The number of rotatable bonds is 2. The van der Waals surface area contributed by atoms with E-state index in [0.717, 1.165) is 42.3 Å². The van der Waals surface area contributed by atoms with E-state index in [9.17, 15) is 0 Å². The number of benzene rings is 2. The number of hydrogen-bond acceptors (Lipinski definition) is 3. The number of thiocarbonyl (C=S) groups is 1. The first kappa shape index (κ1) is 18.0. The summed E-state index contributed by atoms with van der Waals surface area (Å²) in [5.74, 6) is 0.516. The van der Waals surface area contributed by atoms with Crippen molar-refractivity contribution in [2.75, 3.05) is 31.5 Å². The van der Waals surface area contributed by atoms with Crippen LogP contribution in [0.15, 0.2) is 53.4 Å². The number of nitrogens with one attached hydrogen (secondary N) is 2. The molecule has 0 atom stereocenters. The summed E-state index contributed by atoms with van der Waals surface area (Å²) in [6.07, 6.45) is 0. The monoisotopic (exact) mass is 390 g/mol. The van der Waals surface area contributed by atoms with Crippen LogP contribution in [0, 0.1) is 5.41 Å². The Morgan fingerprint density at radius 3 is 2.24 bits per heavy atom. The van der Waals surface area contributed by atoms with E-state index in [1.54, 1.807) is 0 Å². The first-order valence-electron chi connectivity index (χ1n) is 7.98. The Morgan fingerprint density at radius 2 is 1.60 bits per heavy atom. The molecule has 3 rings (SSSR count). The lowest BCUT2D eigenvalue weighted by molar-refractivity contribution is 0.260. The van der Waals surface area contributed by atoms with E-state index in [2.05, 4.69) is 27.7 Å². The van der Waals surface area contributed by atoms with Gasteiger partial charge in [0.05, 0.1) is 0 Å². The molecule has 0 spiro atoms. The van der Waals surface area contributed by atoms with Crippen molar-refractivity contribution >= 4 is 53.1 Å². The van der Waals surface area contributed by atoms with Crippen LogP contribution in [0.1, 0.15) is 5.56 Å². The Morgan fingerprint density at radius 1 is 1.00 bits per heavy atom. The first-order valence-corrected chi connectivity index (χ1v) is 9.21. The summed E-state index contributed by atoms with van der Waals surface area (Å²) in [4.78, 5) is 5.02. The molecule has 2 aromatic carbocycles. The molecule has 0 amide bonds. The Labute approximate surface area is 163 Å². The van der Waals surface area contributed by atoms with Gasteiger partial charge in [0.1, 0.15) is 5.84 Å². The van der Waals surface area contributed by atoms with Crippen LogP contribution >= 0.6 is 36.4 Å². The largest absolute Gasteiger partial charge is 0.353 e. The number of thiol groups is 1. The molecular weight excluding hydrogens is 372 g/mol. The fourth-order valence-electron chi connectivity index (χ4n) is 2.71. The van der Waals surface area contributed by atoms with Crippen LogP contribution in [0.3, 0.4) is 0 Å². The Kier molecular flexibility index (Phi) is 5.83. The van der Waals surface area contributed by atoms with Crippen LogP contribution in [0.5, 0.6) is 0 Å². The molecule has 4 nitrogen and oxygen atoms in total. The van der Waals surface area contributed by atoms with Crippen molar-refractivity contribution in [3.05, 3.63) is 59.1 Å². The van der Waals surface area contributed by atoms with Crippen molar-refractivity contribution in [2.24, 2.45) is 0 Å². The van der Waals surface area contributed by atoms with Crippen LogP contribution in [-0.4, -0.2) is 46.9 Å². The summed E-state index contributed by atoms with van der Waals surface area (Å²) >= 11 is 15.9. The number of piperazine rings is 1. The van der Waals surface area contributed by atoms with Crippen molar-refractivity contribution in [1.29, 1.82) is 5.41 Å². The minimum atomic E-state index is 0.516. The van der Waals surface area contributed by atoms with E-state index in [-0.39, 0.29) is 0 Å². The minimum Gasteiger partial charge on any atom is -0.353 e. The van der Waals surface area contributed by atoms with Gasteiger partial charge in [0.25, 0.3) is 0 Å². The van der Waals surface area contributed by atoms with Crippen molar-refractivity contribution in [2.45, 2.75) is 4.90 Å². The Bertz CT molecular complexity index is 771. The highest BCUT2D eigenvalue weighted by atomic mass is 35.5. The standard InChI is InChI=1S/C18H19ClN4S2/c19-13-5-7-14(8-6-13)21-18(25)23-11-9-22(10-12-23)17(20)15-3-1-2-4-16(15)24/h1-8,20,24H,9-12H2,(H,21,25). The van der Waals surface area contributed by atoms with Crippen molar-refractivity contribution in [3.8, 4) is 0 Å². The maximum atomic E-state index is 8.44. The van der Waals surface area contributed by atoms with Gasteiger partial charge in [-0.1, -0.05) is 29.8 Å². The van der Waals surface area contributed by atoms with Gasteiger partial charge < -0.3 is 15.1 Å². The van der Waals surface area contributed by atoms with Crippen molar-refractivity contribution in [3.63, 3.8) is 0 Å². The maximum Gasteiger partial charge on any atom is 0.173 e. The molecule has 1 aliphatic heterocycles. The lowest BCUT2D eigenvalue weighted by Gasteiger charge is -2.37. The molecule has 1 fully saturated rings. The SMILES string of the molecule is N=C(c1ccccc1S)N1CCN(C(=S)Nc2ccc(Cl)cc2)CC1. The molecule has 0 bridgehead atoms. The number of anilines is 1. The van der Waals surface area contributed by atoms with Gasteiger partial charge in [-0.25, -0.2) is 0 Å². The van der Waals surface area contributed by atoms with Gasteiger partial charge in [0.15, 0.2) is 5.11 Å². The molecule has 2 aromatic rings. The molecule has 1 heterocycles. The van der Waals surface area contributed by atoms with Crippen molar-refractivity contribution in [1.82, 2.24) is 9.80 Å². The molecule has 0 saturated carbocycles. The summed E-state index contributed by atoms with van der Waals surface area (Å²) < 4.78 is 0. The molecule has 0 radical (unpaired) electrons. The zero-order valence-electron chi connectivity index (χ0n) is 13.6. The summed E-state index contributed by atoms with van der Waals surface area (Å²) in [5, 5.41) is 13.1. The molecule has 1 aliphatic rings. The topological polar surface area (TPSA) is 42.4 Å². The Hall–Kier alpha value is -1.76. The number of hydrogen-bond donors (Lipinski definition) is 3. The van der Waals surface area contributed by atoms with E-state index < -0.39 is 0 Å². The predicted molar refractivity (Wildman–Crippen MR) is 111 cm³/mol.